The highest BCUT2D eigenvalue weighted by atomic mass is 16.5. The van der Waals surface area contributed by atoms with Gasteiger partial charge in [-0.2, -0.15) is 0 Å². The molecule has 1 heterocycles. The van der Waals surface area contributed by atoms with Crippen LogP contribution < -0.4 is 10.1 Å². The summed E-state index contributed by atoms with van der Waals surface area (Å²) in [7, 11) is 0. The molecule has 2 N–H and O–H groups in total. The van der Waals surface area contributed by atoms with Crippen LogP contribution in [0.1, 0.15) is 30.1 Å². The third kappa shape index (κ3) is 4.46. The van der Waals surface area contributed by atoms with Crippen LogP contribution in [0.3, 0.4) is 0 Å². The lowest BCUT2D eigenvalue weighted by atomic mass is 10.2. The van der Waals surface area contributed by atoms with Gasteiger partial charge in [-0.3, -0.25) is 9.59 Å². The van der Waals surface area contributed by atoms with Gasteiger partial charge in [0, 0.05) is 12.2 Å². The zero-order chi connectivity index (χ0) is 15.2. The molecule has 0 aliphatic carbocycles. The second kappa shape index (κ2) is 7.08. The number of hydrogen-bond donors (Lipinski definition) is 2. The number of rotatable bonds is 6. The first-order valence-electron chi connectivity index (χ1n) is 6.94. The maximum absolute atomic E-state index is 11.8. The summed E-state index contributed by atoms with van der Waals surface area (Å²) in [4.78, 5) is 22.5. The number of ether oxygens (including phenoxy) is 2. The summed E-state index contributed by atoms with van der Waals surface area (Å²) in [6.07, 6.45) is 2.21. The Bertz CT molecular complexity index is 493. The highest BCUT2D eigenvalue weighted by Crippen LogP contribution is 2.16. The average Bonchev–Trinajstić information content (AvgIpc) is 2.98. The summed E-state index contributed by atoms with van der Waals surface area (Å²) in [6.45, 7) is 2.70. The first-order valence-corrected chi connectivity index (χ1v) is 6.94. The van der Waals surface area contributed by atoms with E-state index in [0.29, 0.717) is 17.9 Å². The largest absolute Gasteiger partial charge is 0.491 e. The average molecular weight is 293 g/mol. The molecule has 1 amide bonds. The molecule has 1 unspecified atom stereocenters. The van der Waals surface area contributed by atoms with Crippen molar-refractivity contribution in [3.05, 3.63) is 29.8 Å². The van der Waals surface area contributed by atoms with Gasteiger partial charge in [-0.25, -0.2) is 0 Å². The van der Waals surface area contributed by atoms with E-state index in [-0.39, 0.29) is 6.10 Å². The molecule has 0 spiro atoms. The first-order chi connectivity index (χ1) is 10.1. The molecule has 1 aromatic rings. The third-order valence-corrected chi connectivity index (χ3v) is 3.29. The van der Waals surface area contributed by atoms with E-state index in [2.05, 4.69) is 5.32 Å². The molecule has 21 heavy (non-hydrogen) atoms. The SMILES string of the molecule is C[C@@H](NC(=O)c1ccc(OCC2CCCO2)cc1)C(=O)O. The summed E-state index contributed by atoms with van der Waals surface area (Å²) < 4.78 is 11.1. The van der Waals surface area contributed by atoms with Crippen LogP contribution in [0.4, 0.5) is 0 Å². The molecule has 1 aliphatic heterocycles. The smallest absolute Gasteiger partial charge is 0.325 e. The van der Waals surface area contributed by atoms with Gasteiger partial charge in [-0.15, -0.1) is 0 Å². The standard InChI is InChI=1S/C15H19NO5/c1-10(15(18)19)16-14(17)11-4-6-12(7-5-11)21-9-13-3-2-8-20-13/h4-7,10,13H,2-3,8-9H2,1H3,(H,16,17)(H,18,19)/t10-,13?/m1/s1. The van der Waals surface area contributed by atoms with E-state index >= 15 is 0 Å². The summed E-state index contributed by atoms with van der Waals surface area (Å²) in [5.74, 6) is -0.830. The van der Waals surface area contributed by atoms with Crippen LogP contribution in [0.2, 0.25) is 0 Å². The van der Waals surface area contributed by atoms with Crippen molar-refractivity contribution >= 4 is 11.9 Å². The minimum atomic E-state index is -1.07. The van der Waals surface area contributed by atoms with Crippen molar-refractivity contribution < 1.29 is 24.2 Å². The van der Waals surface area contributed by atoms with Gasteiger partial charge < -0.3 is 19.9 Å². The molecule has 6 heteroatoms. The lowest BCUT2D eigenvalue weighted by Crippen LogP contribution is -2.38. The van der Waals surface area contributed by atoms with Crippen LogP contribution in [0, 0.1) is 0 Å². The van der Waals surface area contributed by atoms with E-state index in [9.17, 15) is 9.59 Å². The van der Waals surface area contributed by atoms with Gasteiger partial charge in [0.2, 0.25) is 0 Å². The maximum Gasteiger partial charge on any atom is 0.325 e. The maximum atomic E-state index is 11.8. The predicted molar refractivity (Wildman–Crippen MR) is 75.5 cm³/mol. The zero-order valence-electron chi connectivity index (χ0n) is 11.9. The molecule has 114 valence electrons. The Labute approximate surface area is 123 Å². The van der Waals surface area contributed by atoms with Gasteiger partial charge in [0.25, 0.3) is 5.91 Å². The van der Waals surface area contributed by atoms with E-state index in [1.165, 1.54) is 6.92 Å². The van der Waals surface area contributed by atoms with Crippen LogP contribution in [-0.2, 0) is 9.53 Å². The monoisotopic (exact) mass is 293 g/mol. The van der Waals surface area contributed by atoms with Crippen LogP contribution in [0.25, 0.3) is 0 Å². The molecule has 1 aliphatic rings. The lowest BCUT2D eigenvalue weighted by molar-refractivity contribution is -0.138. The summed E-state index contributed by atoms with van der Waals surface area (Å²) in [5, 5.41) is 11.1. The van der Waals surface area contributed by atoms with Crippen LogP contribution >= 0.6 is 0 Å². The first kappa shape index (κ1) is 15.3. The van der Waals surface area contributed by atoms with Crippen LogP contribution in [-0.4, -0.2) is 42.3 Å². The van der Waals surface area contributed by atoms with Crippen molar-refractivity contribution in [2.24, 2.45) is 0 Å². The number of aliphatic carboxylic acids is 1. The molecular weight excluding hydrogens is 274 g/mol. The number of carbonyl (C=O) groups excluding carboxylic acids is 1. The Hall–Kier alpha value is -2.08. The minimum absolute atomic E-state index is 0.143. The van der Waals surface area contributed by atoms with E-state index in [1.54, 1.807) is 24.3 Å². The molecule has 0 aromatic heterocycles. The second-order valence-corrected chi connectivity index (χ2v) is 5.00. The molecule has 1 saturated heterocycles. The molecule has 0 radical (unpaired) electrons. The summed E-state index contributed by atoms with van der Waals surface area (Å²) in [5.41, 5.74) is 0.396. The Morgan fingerprint density at radius 2 is 2.14 bits per heavy atom. The molecule has 1 fully saturated rings. The third-order valence-electron chi connectivity index (χ3n) is 3.29. The fourth-order valence-corrected chi connectivity index (χ4v) is 2.01. The van der Waals surface area contributed by atoms with Gasteiger partial charge >= 0.3 is 5.97 Å². The minimum Gasteiger partial charge on any atom is -0.491 e. The van der Waals surface area contributed by atoms with Gasteiger partial charge in [0.05, 0.1) is 6.10 Å². The lowest BCUT2D eigenvalue weighted by Gasteiger charge is -2.12. The highest BCUT2D eigenvalue weighted by Gasteiger charge is 2.17. The van der Waals surface area contributed by atoms with Gasteiger partial charge in [0.1, 0.15) is 18.4 Å². The Morgan fingerprint density at radius 3 is 2.71 bits per heavy atom. The Balaban J connectivity index is 1.85. The van der Waals surface area contributed by atoms with E-state index < -0.39 is 17.9 Å². The number of hydrogen-bond acceptors (Lipinski definition) is 4. The van der Waals surface area contributed by atoms with Crippen molar-refractivity contribution in [2.75, 3.05) is 13.2 Å². The number of amides is 1. The van der Waals surface area contributed by atoms with Crippen LogP contribution in [0.15, 0.2) is 24.3 Å². The van der Waals surface area contributed by atoms with E-state index in [4.69, 9.17) is 14.6 Å². The van der Waals surface area contributed by atoms with E-state index in [0.717, 1.165) is 19.4 Å². The number of nitrogens with one attached hydrogen (secondary N) is 1. The van der Waals surface area contributed by atoms with Gasteiger partial charge in [0.15, 0.2) is 0 Å². The molecule has 1 aromatic carbocycles. The molecule has 2 atom stereocenters. The molecule has 0 bridgehead atoms. The molecular formula is C15H19NO5. The normalized spacial score (nSPS) is 19.0. The van der Waals surface area contributed by atoms with Gasteiger partial charge in [-0.1, -0.05) is 0 Å². The Kier molecular flexibility index (Phi) is 5.16. The van der Waals surface area contributed by atoms with Crippen molar-refractivity contribution in [3.63, 3.8) is 0 Å². The Morgan fingerprint density at radius 1 is 1.43 bits per heavy atom. The quantitative estimate of drug-likeness (QED) is 0.829. The number of benzene rings is 1. The number of carboxylic acids is 1. The van der Waals surface area contributed by atoms with Crippen LogP contribution in [0.5, 0.6) is 5.75 Å². The summed E-state index contributed by atoms with van der Waals surface area (Å²) >= 11 is 0. The van der Waals surface area contributed by atoms with E-state index in [1.807, 2.05) is 0 Å². The molecule has 6 nitrogen and oxygen atoms in total. The van der Waals surface area contributed by atoms with Crippen molar-refractivity contribution in [1.29, 1.82) is 0 Å². The summed E-state index contributed by atoms with van der Waals surface area (Å²) in [6, 6.07) is 5.67. The number of carboxylic acid groups (broad SMARTS) is 1. The predicted octanol–water partition coefficient (Wildman–Crippen LogP) is 1.45. The highest BCUT2D eigenvalue weighted by molar-refractivity contribution is 5.96. The molecule has 0 saturated carbocycles. The topological polar surface area (TPSA) is 84.9 Å². The van der Waals surface area contributed by atoms with Crippen molar-refractivity contribution in [1.82, 2.24) is 5.32 Å². The van der Waals surface area contributed by atoms with Crippen molar-refractivity contribution in [3.8, 4) is 5.75 Å². The van der Waals surface area contributed by atoms with Crippen molar-refractivity contribution in [2.45, 2.75) is 31.9 Å². The molecule has 2 rings (SSSR count). The number of carbonyl (C=O) groups is 2. The fourth-order valence-electron chi connectivity index (χ4n) is 2.01. The second-order valence-electron chi connectivity index (χ2n) is 5.00. The zero-order valence-corrected chi connectivity index (χ0v) is 11.9. The fraction of sp³-hybridized carbons (Fsp3) is 0.467. The van der Waals surface area contributed by atoms with Gasteiger partial charge in [-0.05, 0) is 44.0 Å².